The largest absolute Gasteiger partial charge is 0.376 e. The maximum absolute atomic E-state index is 13.2. The lowest BCUT2D eigenvalue weighted by atomic mass is 9.85. The molecule has 35 heavy (non-hydrogen) atoms. The highest BCUT2D eigenvalue weighted by molar-refractivity contribution is 6.42. The summed E-state index contributed by atoms with van der Waals surface area (Å²) in [5.74, 6) is 0.548. The molecule has 1 amide bonds. The fraction of sp³-hybridized carbons (Fsp3) is 0.345. The van der Waals surface area contributed by atoms with Gasteiger partial charge in [0.15, 0.2) is 0 Å². The summed E-state index contributed by atoms with van der Waals surface area (Å²) in [4.78, 5) is 15.2. The van der Waals surface area contributed by atoms with Crippen molar-refractivity contribution in [3.63, 3.8) is 0 Å². The van der Waals surface area contributed by atoms with E-state index in [2.05, 4.69) is 48.6 Å². The number of aryl methyl sites for hydroxylation is 1. The number of carbonyl (C=O) groups is 1. The van der Waals surface area contributed by atoms with Crippen molar-refractivity contribution in [2.45, 2.75) is 51.4 Å². The number of halogens is 2. The summed E-state index contributed by atoms with van der Waals surface area (Å²) in [6.45, 7) is 4.39. The van der Waals surface area contributed by atoms with Gasteiger partial charge in [-0.3, -0.25) is 10.1 Å². The molecule has 0 bridgehead atoms. The molecule has 184 valence electrons. The number of hydrogen-bond donors (Lipinski definition) is 1. The smallest absolute Gasteiger partial charge is 0.226 e. The molecule has 1 N–H and O–H groups in total. The second-order valence-electron chi connectivity index (χ2n) is 9.10. The van der Waals surface area contributed by atoms with Crippen LogP contribution < -0.4 is 5.32 Å². The van der Waals surface area contributed by atoms with Crippen LogP contribution in [-0.4, -0.2) is 30.1 Å². The quantitative estimate of drug-likeness (QED) is 0.324. The molecule has 6 heteroatoms. The second-order valence-corrected chi connectivity index (χ2v) is 9.91. The number of nitrogens with zero attached hydrogens (tertiary/aromatic N) is 1. The molecule has 0 saturated carbocycles. The van der Waals surface area contributed by atoms with E-state index in [9.17, 15) is 4.79 Å². The average Bonchev–Trinajstić information content (AvgIpc) is 2.88. The summed E-state index contributed by atoms with van der Waals surface area (Å²) >= 11 is 12.1. The molecule has 3 aromatic rings. The third-order valence-corrected chi connectivity index (χ3v) is 7.39. The Labute approximate surface area is 218 Å². The molecule has 2 unspecified atom stereocenters. The summed E-state index contributed by atoms with van der Waals surface area (Å²) < 4.78 is 5.78. The van der Waals surface area contributed by atoms with Crippen molar-refractivity contribution in [2.75, 3.05) is 13.2 Å². The Kier molecular flexibility index (Phi) is 9.22. The first-order valence-electron chi connectivity index (χ1n) is 12.1. The molecule has 1 fully saturated rings. The number of amides is 1. The molecule has 1 aliphatic rings. The summed E-state index contributed by atoms with van der Waals surface area (Å²) in [5.41, 5.74) is 4.85. The summed E-state index contributed by atoms with van der Waals surface area (Å²) in [6, 6.07) is 24.4. The molecule has 4 nitrogen and oxygen atoms in total. The van der Waals surface area contributed by atoms with Crippen LogP contribution in [0.3, 0.4) is 0 Å². The van der Waals surface area contributed by atoms with Crippen molar-refractivity contribution < 1.29 is 9.53 Å². The second kappa shape index (κ2) is 12.5. The topological polar surface area (TPSA) is 41.6 Å². The molecular formula is C29H32Cl2N2O2. The van der Waals surface area contributed by atoms with E-state index in [1.807, 2.05) is 29.2 Å². The fourth-order valence-electron chi connectivity index (χ4n) is 4.74. The lowest BCUT2D eigenvalue weighted by molar-refractivity contribution is -0.137. The first-order valence-corrected chi connectivity index (χ1v) is 12.9. The maximum atomic E-state index is 13.2. The van der Waals surface area contributed by atoms with Crippen molar-refractivity contribution in [1.82, 2.24) is 10.2 Å². The highest BCUT2D eigenvalue weighted by Crippen LogP contribution is 2.33. The van der Waals surface area contributed by atoms with Gasteiger partial charge in [-0.15, -0.1) is 0 Å². The molecular weight excluding hydrogens is 479 g/mol. The molecule has 0 radical (unpaired) electrons. The van der Waals surface area contributed by atoms with Crippen molar-refractivity contribution in [1.29, 1.82) is 0 Å². The normalized spacial score (nSPS) is 18.0. The Bertz CT molecular complexity index is 1120. The minimum atomic E-state index is -0.0175. The number of rotatable bonds is 9. The van der Waals surface area contributed by atoms with E-state index in [-0.39, 0.29) is 12.1 Å². The van der Waals surface area contributed by atoms with Crippen molar-refractivity contribution in [3.8, 4) is 0 Å². The third-order valence-electron chi connectivity index (χ3n) is 6.65. The zero-order valence-corrected chi connectivity index (χ0v) is 21.6. The van der Waals surface area contributed by atoms with Gasteiger partial charge in [0.25, 0.3) is 0 Å². The van der Waals surface area contributed by atoms with Crippen LogP contribution in [0.25, 0.3) is 0 Å². The first-order chi connectivity index (χ1) is 17.0. The van der Waals surface area contributed by atoms with E-state index < -0.39 is 0 Å². The standard InChI is InChI=1S/C29H32Cl2N2O2/c1-21-7-5-6-10-25(21)24-13-15-33(28(18-24)32-19-22-8-3-2-4-9-22)29(34)14-16-35-20-23-11-12-26(30)27(31)17-23/h2-12,17,24,28,32H,13-16,18-20H2,1H3. The van der Waals surface area contributed by atoms with Gasteiger partial charge in [-0.1, -0.05) is 83.9 Å². The number of benzene rings is 3. The number of ether oxygens (including phenoxy) is 1. The van der Waals surface area contributed by atoms with Crippen LogP contribution in [0.1, 0.15) is 47.4 Å². The third kappa shape index (κ3) is 7.08. The van der Waals surface area contributed by atoms with Gasteiger partial charge in [-0.2, -0.15) is 0 Å². The maximum Gasteiger partial charge on any atom is 0.226 e. The highest BCUT2D eigenvalue weighted by Gasteiger charge is 2.32. The Morgan fingerprint density at radius 1 is 1.00 bits per heavy atom. The number of nitrogens with one attached hydrogen (secondary N) is 1. The van der Waals surface area contributed by atoms with E-state index in [0.717, 1.165) is 31.5 Å². The minimum Gasteiger partial charge on any atom is -0.376 e. The molecule has 0 spiro atoms. The Morgan fingerprint density at radius 2 is 1.77 bits per heavy atom. The lowest BCUT2D eigenvalue weighted by Gasteiger charge is -2.40. The molecule has 1 aliphatic heterocycles. The summed E-state index contributed by atoms with van der Waals surface area (Å²) in [7, 11) is 0. The first kappa shape index (κ1) is 25.7. The van der Waals surface area contributed by atoms with Gasteiger partial charge in [0, 0.05) is 13.1 Å². The number of likely N-dealkylation sites (tertiary alicyclic amines) is 1. The van der Waals surface area contributed by atoms with Gasteiger partial charge in [0.2, 0.25) is 5.91 Å². The van der Waals surface area contributed by atoms with E-state index in [4.69, 9.17) is 27.9 Å². The van der Waals surface area contributed by atoms with Crippen LogP contribution in [0, 0.1) is 6.92 Å². The van der Waals surface area contributed by atoms with Gasteiger partial charge in [-0.05, 0) is 60.1 Å². The summed E-state index contributed by atoms with van der Waals surface area (Å²) in [6.07, 6.45) is 2.19. The average molecular weight is 511 g/mol. The number of hydrogen-bond acceptors (Lipinski definition) is 3. The van der Waals surface area contributed by atoms with Crippen LogP contribution in [-0.2, 0) is 22.7 Å². The van der Waals surface area contributed by atoms with E-state index in [1.165, 1.54) is 16.7 Å². The van der Waals surface area contributed by atoms with E-state index in [1.54, 1.807) is 12.1 Å². The van der Waals surface area contributed by atoms with Gasteiger partial charge in [0.1, 0.15) is 0 Å². The van der Waals surface area contributed by atoms with Crippen molar-refractivity contribution in [2.24, 2.45) is 0 Å². The molecule has 3 aromatic carbocycles. The number of carbonyl (C=O) groups excluding carboxylic acids is 1. The Morgan fingerprint density at radius 3 is 2.54 bits per heavy atom. The van der Waals surface area contributed by atoms with E-state index >= 15 is 0 Å². The molecule has 4 rings (SSSR count). The van der Waals surface area contributed by atoms with E-state index in [0.29, 0.717) is 35.6 Å². The molecule has 0 aromatic heterocycles. The Hall–Kier alpha value is -2.37. The fourth-order valence-corrected chi connectivity index (χ4v) is 5.06. The zero-order valence-electron chi connectivity index (χ0n) is 20.1. The van der Waals surface area contributed by atoms with Gasteiger partial charge in [-0.25, -0.2) is 0 Å². The van der Waals surface area contributed by atoms with Gasteiger partial charge < -0.3 is 9.64 Å². The molecule has 1 heterocycles. The van der Waals surface area contributed by atoms with Gasteiger partial charge in [0.05, 0.1) is 35.8 Å². The highest BCUT2D eigenvalue weighted by atomic mass is 35.5. The van der Waals surface area contributed by atoms with Crippen LogP contribution in [0.2, 0.25) is 10.0 Å². The predicted octanol–water partition coefficient (Wildman–Crippen LogP) is 6.73. The van der Waals surface area contributed by atoms with Crippen molar-refractivity contribution >= 4 is 29.1 Å². The SMILES string of the molecule is Cc1ccccc1C1CCN(C(=O)CCOCc2ccc(Cl)c(Cl)c2)C(NCc2ccccc2)C1. The summed E-state index contributed by atoms with van der Waals surface area (Å²) in [5, 5.41) is 4.68. The Balaban J connectivity index is 1.36. The number of piperidine rings is 1. The molecule has 1 saturated heterocycles. The minimum absolute atomic E-state index is 0.0175. The van der Waals surface area contributed by atoms with Crippen molar-refractivity contribution in [3.05, 3.63) is 105 Å². The van der Waals surface area contributed by atoms with Crippen LogP contribution in [0.5, 0.6) is 0 Å². The van der Waals surface area contributed by atoms with Crippen LogP contribution in [0.4, 0.5) is 0 Å². The molecule has 0 aliphatic carbocycles. The molecule has 2 atom stereocenters. The zero-order chi connectivity index (χ0) is 24.6. The predicted molar refractivity (Wildman–Crippen MR) is 143 cm³/mol. The van der Waals surface area contributed by atoms with Crippen LogP contribution in [0.15, 0.2) is 72.8 Å². The monoisotopic (exact) mass is 510 g/mol. The van der Waals surface area contributed by atoms with Gasteiger partial charge >= 0.3 is 0 Å². The van der Waals surface area contributed by atoms with Crippen LogP contribution >= 0.6 is 23.2 Å². The lowest BCUT2D eigenvalue weighted by Crippen LogP contribution is -2.52.